The number of nitrogens with one attached hydrogen (secondary N) is 1. The van der Waals surface area contributed by atoms with Gasteiger partial charge in [-0.1, -0.05) is 25.1 Å². The molecule has 3 aromatic rings. The number of para-hydroxylation sites is 2. The van der Waals surface area contributed by atoms with Gasteiger partial charge in [0.1, 0.15) is 0 Å². The lowest BCUT2D eigenvalue weighted by atomic mass is 9.95. The van der Waals surface area contributed by atoms with E-state index in [4.69, 9.17) is 9.72 Å². The zero-order chi connectivity index (χ0) is 17.4. The second-order valence-corrected chi connectivity index (χ2v) is 5.85. The number of hydrogen-bond acceptors (Lipinski definition) is 5. The Bertz CT molecular complexity index is 976. The minimum absolute atomic E-state index is 0.334. The van der Waals surface area contributed by atoms with Crippen LogP contribution in [-0.2, 0) is 9.53 Å². The van der Waals surface area contributed by atoms with Crippen LogP contribution in [0.5, 0.6) is 0 Å². The van der Waals surface area contributed by atoms with Gasteiger partial charge in [-0.25, -0.2) is 9.78 Å². The maximum absolute atomic E-state index is 12.6. The average molecular weight is 334 g/mol. The Kier molecular flexibility index (Phi) is 3.72. The van der Waals surface area contributed by atoms with Crippen LogP contribution in [0.1, 0.15) is 24.9 Å². The molecule has 1 aliphatic heterocycles. The Balaban J connectivity index is 2.03. The van der Waals surface area contributed by atoms with Gasteiger partial charge in [0, 0.05) is 18.1 Å². The van der Waals surface area contributed by atoms with Crippen LogP contribution in [-0.4, -0.2) is 27.6 Å². The Morgan fingerprint density at radius 2 is 2.12 bits per heavy atom. The van der Waals surface area contributed by atoms with E-state index in [0.717, 1.165) is 28.2 Å². The van der Waals surface area contributed by atoms with E-state index in [1.54, 1.807) is 12.4 Å². The molecule has 0 bridgehead atoms. The van der Waals surface area contributed by atoms with E-state index in [1.807, 2.05) is 47.9 Å². The molecule has 0 unspecified atom stereocenters. The SMILES string of the molecule is CCC1=C(C(=O)OC)[C@@H](c2cccnc2)n2c(nc3ccccc32)N1. The van der Waals surface area contributed by atoms with Gasteiger partial charge in [-0.15, -0.1) is 0 Å². The number of hydrogen-bond donors (Lipinski definition) is 1. The van der Waals surface area contributed by atoms with E-state index in [0.29, 0.717) is 12.0 Å². The standard InChI is InChI=1S/C19H18N4O2/c1-3-13-16(18(24)25-2)17(12-7-6-10-20-11-12)23-15-9-5-4-8-14(15)22-19(23)21-13/h4-11,17H,3H2,1-2H3,(H,21,22)/t17-/m1/s1. The Morgan fingerprint density at radius 3 is 2.84 bits per heavy atom. The number of anilines is 1. The van der Waals surface area contributed by atoms with Crippen molar-refractivity contribution in [2.45, 2.75) is 19.4 Å². The van der Waals surface area contributed by atoms with Gasteiger partial charge in [-0.3, -0.25) is 9.55 Å². The van der Waals surface area contributed by atoms with Crippen LogP contribution >= 0.6 is 0 Å². The van der Waals surface area contributed by atoms with Crippen LogP contribution in [0, 0.1) is 0 Å². The predicted molar refractivity (Wildman–Crippen MR) is 95.1 cm³/mol. The summed E-state index contributed by atoms with van der Waals surface area (Å²) < 4.78 is 7.13. The van der Waals surface area contributed by atoms with E-state index >= 15 is 0 Å². The molecule has 0 radical (unpaired) electrons. The van der Waals surface area contributed by atoms with Crippen molar-refractivity contribution >= 4 is 23.0 Å². The van der Waals surface area contributed by atoms with Gasteiger partial charge in [-0.05, 0) is 30.2 Å². The van der Waals surface area contributed by atoms with Gasteiger partial charge >= 0.3 is 5.97 Å². The maximum Gasteiger partial charge on any atom is 0.338 e. The van der Waals surface area contributed by atoms with Crippen molar-refractivity contribution in [2.75, 3.05) is 12.4 Å². The maximum atomic E-state index is 12.6. The number of rotatable bonds is 3. The summed E-state index contributed by atoms with van der Waals surface area (Å²) in [6, 6.07) is 11.4. The van der Waals surface area contributed by atoms with Crippen molar-refractivity contribution in [3.63, 3.8) is 0 Å². The summed E-state index contributed by atoms with van der Waals surface area (Å²) in [6.07, 6.45) is 4.18. The zero-order valence-corrected chi connectivity index (χ0v) is 14.1. The van der Waals surface area contributed by atoms with Gasteiger partial charge in [0.25, 0.3) is 0 Å². The molecule has 0 fully saturated rings. The van der Waals surface area contributed by atoms with Crippen LogP contribution in [0.15, 0.2) is 60.1 Å². The first-order valence-corrected chi connectivity index (χ1v) is 8.19. The lowest BCUT2D eigenvalue weighted by molar-refractivity contribution is -0.136. The normalized spacial score (nSPS) is 16.5. The van der Waals surface area contributed by atoms with Gasteiger partial charge in [-0.2, -0.15) is 0 Å². The molecule has 1 atom stereocenters. The topological polar surface area (TPSA) is 69.0 Å². The fourth-order valence-corrected chi connectivity index (χ4v) is 3.37. The summed E-state index contributed by atoms with van der Waals surface area (Å²) in [7, 11) is 1.41. The summed E-state index contributed by atoms with van der Waals surface area (Å²) in [6.45, 7) is 2.00. The number of methoxy groups -OCH3 is 1. The first-order valence-electron chi connectivity index (χ1n) is 8.19. The molecule has 1 N–H and O–H groups in total. The van der Waals surface area contributed by atoms with Gasteiger partial charge in [0.2, 0.25) is 5.95 Å². The molecule has 0 amide bonds. The lowest BCUT2D eigenvalue weighted by Crippen LogP contribution is -2.29. The monoisotopic (exact) mass is 334 g/mol. The average Bonchev–Trinajstić information content (AvgIpc) is 3.04. The van der Waals surface area contributed by atoms with E-state index in [9.17, 15) is 4.79 Å². The molecule has 0 spiro atoms. The van der Waals surface area contributed by atoms with Crippen LogP contribution in [0.4, 0.5) is 5.95 Å². The molecule has 126 valence electrons. The first-order chi connectivity index (χ1) is 12.2. The first kappa shape index (κ1) is 15.4. The van der Waals surface area contributed by atoms with E-state index in [-0.39, 0.29) is 12.0 Å². The van der Waals surface area contributed by atoms with Gasteiger partial charge < -0.3 is 10.1 Å². The van der Waals surface area contributed by atoms with Gasteiger partial charge in [0.15, 0.2) is 0 Å². The number of pyridine rings is 1. The zero-order valence-electron chi connectivity index (χ0n) is 14.1. The van der Waals surface area contributed by atoms with Crippen molar-refractivity contribution < 1.29 is 9.53 Å². The second kappa shape index (κ2) is 6.05. The molecule has 1 aliphatic rings. The molecule has 0 saturated heterocycles. The number of carbonyl (C=O) groups is 1. The van der Waals surface area contributed by atoms with Crippen molar-refractivity contribution in [2.24, 2.45) is 0 Å². The van der Waals surface area contributed by atoms with Gasteiger partial charge in [0.05, 0.1) is 29.8 Å². The summed E-state index contributed by atoms with van der Waals surface area (Å²) >= 11 is 0. The quantitative estimate of drug-likeness (QED) is 0.745. The highest BCUT2D eigenvalue weighted by Gasteiger charge is 2.35. The number of nitrogens with zero attached hydrogens (tertiary/aromatic N) is 3. The van der Waals surface area contributed by atoms with Crippen LogP contribution < -0.4 is 5.32 Å². The molecule has 2 aromatic heterocycles. The third-order valence-corrected chi connectivity index (χ3v) is 4.47. The molecular formula is C19H18N4O2. The smallest absolute Gasteiger partial charge is 0.338 e. The number of aromatic nitrogens is 3. The number of ether oxygens (including phenoxy) is 1. The molecule has 1 aromatic carbocycles. The van der Waals surface area contributed by atoms with E-state index in [1.165, 1.54) is 7.11 Å². The van der Waals surface area contributed by atoms with Crippen LogP contribution in [0.25, 0.3) is 11.0 Å². The fourth-order valence-electron chi connectivity index (χ4n) is 3.37. The largest absolute Gasteiger partial charge is 0.466 e. The van der Waals surface area contributed by atoms with Crippen molar-refractivity contribution in [1.29, 1.82) is 0 Å². The molecule has 3 heterocycles. The summed E-state index contributed by atoms with van der Waals surface area (Å²) in [5, 5.41) is 3.31. The number of fused-ring (bicyclic) bond motifs is 3. The molecule has 0 saturated carbocycles. The third kappa shape index (κ3) is 2.38. The van der Waals surface area contributed by atoms with Crippen molar-refractivity contribution in [1.82, 2.24) is 14.5 Å². The van der Waals surface area contributed by atoms with Crippen molar-refractivity contribution in [3.8, 4) is 0 Å². The molecule has 0 aliphatic carbocycles. The van der Waals surface area contributed by atoms with E-state index in [2.05, 4.69) is 10.3 Å². The minimum atomic E-state index is -0.346. The second-order valence-electron chi connectivity index (χ2n) is 5.85. The number of carbonyl (C=O) groups excluding carboxylic acids is 1. The van der Waals surface area contributed by atoms with Crippen LogP contribution in [0.3, 0.4) is 0 Å². The third-order valence-electron chi connectivity index (χ3n) is 4.47. The Morgan fingerprint density at radius 1 is 1.28 bits per heavy atom. The highest BCUT2D eigenvalue weighted by Crippen LogP contribution is 2.39. The minimum Gasteiger partial charge on any atom is -0.466 e. The van der Waals surface area contributed by atoms with Crippen molar-refractivity contribution in [3.05, 3.63) is 65.6 Å². The summed E-state index contributed by atoms with van der Waals surface area (Å²) in [5.41, 5.74) is 4.16. The molecule has 6 nitrogen and oxygen atoms in total. The number of esters is 1. The molecule has 6 heteroatoms. The Labute approximate surface area is 145 Å². The Hall–Kier alpha value is -3.15. The number of imidazole rings is 1. The number of allylic oxidation sites excluding steroid dienone is 1. The lowest BCUT2D eigenvalue weighted by Gasteiger charge is -2.30. The highest BCUT2D eigenvalue weighted by molar-refractivity contribution is 5.94. The molecule has 4 rings (SSSR count). The number of benzene rings is 1. The van der Waals surface area contributed by atoms with Crippen LogP contribution in [0.2, 0.25) is 0 Å². The molecule has 25 heavy (non-hydrogen) atoms. The fraction of sp³-hybridized carbons (Fsp3) is 0.211. The highest BCUT2D eigenvalue weighted by atomic mass is 16.5. The molecular weight excluding hydrogens is 316 g/mol. The summed E-state index contributed by atoms with van der Waals surface area (Å²) in [4.78, 5) is 21.5. The predicted octanol–water partition coefficient (Wildman–Crippen LogP) is 3.28. The summed E-state index contributed by atoms with van der Waals surface area (Å²) in [5.74, 6) is 0.376. The van der Waals surface area contributed by atoms with E-state index < -0.39 is 0 Å².